The van der Waals surface area contributed by atoms with Crippen LogP contribution in [0.3, 0.4) is 0 Å². The number of thiocarbonyl (C=S) groups is 1. The lowest BCUT2D eigenvalue weighted by Gasteiger charge is -2.39. The summed E-state index contributed by atoms with van der Waals surface area (Å²) in [5.41, 5.74) is 2.07. The Balaban J connectivity index is 2.30. The van der Waals surface area contributed by atoms with Gasteiger partial charge in [-0.1, -0.05) is 32.4 Å². The Kier molecular flexibility index (Phi) is 3.80. The van der Waals surface area contributed by atoms with Crippen LogP contribution in [0.15, 0.2) is 16.6 Å². The number of aliphatic imine (C=N–C) groups is 1. The van der Waals surface area contributed by atoms with E-state index in [9.17, 15) is 0 Å². The van der Waals surface area contributed by atoms with Gasteiger partial charge in [0.05, 0.1) is 10.7 Å². The molecule has 0 aromatic heterocycles. The van der Waals surface area contributed by atoms with Crippen LogP contribution in [0.2, 0.25) is 0 Å². The Morgan fingerprint density at radius 3 is 2.78 bits per heavy atom. The van der Waals surface area contributed by atoms with Gasteiger partial charge in [0, 0.05) is 0 Å². The first kappa shape index (κ1) is 14.0. The predicted octanol–water partition coefficient (Wildman–Crippen LogP) is 5.03. The number of rotatable bonds is 2. The summed E-state index contributed by atoms with van der Waals surface area (Å²) < 4.78 is 0. The van der Waals surface area contributed by atoms with Gasteiger partial charge in [-0.2, -0.15) is 0 Å². The number of hydrogen-bond donors (Lipinski definition) is 0. The molecule has 100 valence electrons. The summed E-state index contributed by atoms with van der Waals surface area (Å²) in [6.07, 6.45) is 8.80. The molecule has 0 aromatic carbocycles. The maximum absolute atomic E-state index is 4.81. The molecule has 1 saturated carbocycles. The minimum atomic E-state index is 0.0337. The van der Waals surface area contributed by atoms with E-state index in [4.69, 9.17) is 12.2 Å². The van der Waals surface area contributed by atoms with Crippen LogP contribution in [-0.4, -0.2) is 10.7 Å². The molecule has 2 aliphatic rings. The first-order valence-corrected chi connectivity index (χ1v) is 7.62. The van der Waals surface area contributed by atoms with Gasteiger partial charge >= 0.3 is 0 Å². The van der Waals surface area contributed by atoms with E-state index >= 15 is 0 Å². The van der Waals surface area contributed by atoms with Gasteiger partial charge in [-0.3, -0.25) is 0 Å². The van der Waals surface area contributed by atoms with E-state index in [1.165, 1.54) is 19.3 Å². The topological polar surface area (TPSA) is 12.4 Å². The van der Waals surface area contributed by atoms with Gasteiger partial charge in [-0.25, -0.2) is 4.99 Å². The van der Waals surface area contributed by atoms with Crippen molar-refractivity contribution < 1.29 is 0 Å². The van der Waals surface area contributed by atoms with Gasteiger partial charge in [0.1, 0.15) is 0 Å². The predicted molar refractivity (Wildman–Crippen MR) is 81.0 cm³/mol. The van der Waals surface area contributed by atoms with E-state index in [0.29, 0.717) is 11.3 Å². The Labute approximate surface area is 117 Å². The van der Waals surface area contributed by atoms with Crippen molar-refractivity contribution >= 4 is 17.4 Å². The molecule has 0 unspecified atom stereocenters. The van der Waals surface area contributed by atoms with Gasteiger partial charge in [0.25, 0.3) is 0 Å². The van der Waals surface area contributed by atoms with Crippen molar-refractivity contribution in [1.29, 1.82) is 0 Å². The maximum atomic E-state index is 4.81. The highest BCUT2D eigenvalue weighted by Gasteiger charge is 2.48. The van der Waals surface area contributed by atoms with E-state index < -0.39 is 0 Å². The second-order valence-electron chi connectivity index (χ2n) is 6.92. The van der Waals surface area contributed by atoms with Crippen molar-refractivity contribution in [1.82, 2.24) is 0 Å². The average molecular weight is 263 g/mol. The Morgan fingerprint density at radius 1 is 1.44 bits per heavy atom. The van der Waals surface area contributed by atoms with E-state index in [1.54, 1.807) is 5.57 Å². The summed E-state index contributed by atoms with van der Waals surface area (Å²) >= 11 is 4.81. The van der Waals surface area contributed by atoms with Crippen LogP contribution in [-0.2, 0) is 0 Å². The quantitative estimate of drug-likeness (QED) is 0.386. The largest absolute Gasteiger partial charge is 0.226 e. The van der Waals surface area contributed by atoms with Crippen LogP contribution in [0.25, 0.3) is 0 Å². The van der Waals surface area contributed by atoms with Crippen LogP contribution in [0.4, 0.5) is 0 Å². The fourth-order valence-electron chi connectivity index (χ4n) is 3.85. The molecule has 3 atom stereocenters. The van der Waals surface area contributed by atoms with Crippen molar-refractivity contribution in [3.05, 3.63) is 11.6 Å². The smallest absolute Gasteiger partial charge is 0.0691 e. The highest BCUT2D eigenvalue weighted by molar-refractivity contribution is 7.78. The maximum Gasteiger partial charge on any atom is 0.0691 e. The summed E-state index contributed by atoms with van der Waals surface area (Å²) in [5.74, 6) is 1.47. The van der Waals surface area contributed by atoms with E-state index in [1.807, 2.05) is 0 Å². The molecule has 2 aliphatic carbocycles. The fourth-order valence-corrected chi connectivity index (χ4v) is 4.07. The van der Waals surface area contributed by atoms with Crippen LogP contribution in [0.5, 0.6) is 0 Å². The first-order valence-electron chi connectivity index (χ1n) is 7.21. The summed E-state index contributed by atoms with van der Waals surface area (Å²) in [7, 11) is 0. The Bertz CT molecular complexity index is 405. The lowest BCUT2D eigenvalue weighted by Crippen LogP contribution is -2.31. The second-order valence-corrected chi connectivity index (χ2v) is 7.11. The minimum Gasteiger partial charge on any atom is -0.226 e. The summed E-state index contributed by atoms with van der Waals surface area (Å²) in [6.45, 7) is 9.30. The molecule has 2 rings (SSSR count). The molecule has 0 saturated heterocycles. The van der Waals surface area contributed by atoms with Crippen molar-refractivity contribution in [3.63, 3.8) is 0 Å². The van der Waals surface area contributed by atoms with E-state index in [-0.39, 0.29) is 5.54 Å². The summed E-state index contributed by atoms with van der Waals surface area (Å²) in [6, 6.07) is 0. The van der Waals surface area contributed by atoms with Crippen molar-refractivity contribution in [3.8, 4) is 0 Å². The van der Waals surface area contributed by atoms with Gasteiger partial charge in [0.2, 0.25) is 0 Å². The molecule has 1 nitrogen and oxygen atoms in total. The first-order chi connectivity index (χ1) is 8.41. The third-order valence-electron chi connectivity index (χ3n) is 5.22. The zero-order valence-corrected chi connectivity index (χ0v) is 12.9. The van der Waals surface area contributed by atoms with Crippen LogP contribution >= 0.6 is 12.2 Å². The zero-order chi connectivity index (χ0) is 13.4. The Morgan fingerprint density at radius 2 is 2.17 bits per heavy atom. The molecule has 2 heteroatoms. The monoisotopic (exact) mass is 263 g/mol. The van der Waals surface area contributed by atoms with Crippen molar-refractivity contribution in [2.75, 3.05) is 0 Å². The van der Waals surface area contributed by atoms with E-state index in [2.05, 4.69) is 43.9 Å². The minimum absolute atomic E-state index is 0.0337. The van der Waals surface area contributed by atoms with E-state index in [0.717, 1.165) is 18.8 Å². The summed E-state index contributed by atoms with van der Waals surface area (Å²) in [4.78, 5) is 4.45. The highest BCUT2D eigenvalue weighted by Crippen LogP contribution is 2.55. The van der Waals surface area contributed by atoms with Gasteiger partial charge < -0.3 is 0 Å². The molecule has 0 aliphatic heterocycles. The number of hydrogen-bond acceptors (Lipinski definition) is 2. The number of isothiocyanates is 1. The van der Waals surface area contributed by atoms with Crippen molar-refractivity contribution in [2.45, 2.75) is 65.3 Å². The zero-order valence-electron chi connectivity index (χ0n) is 12.1. The Hall–Kier alpha value is -0.460. The molecule has 18 heavy (non-hydrogen) atoms. The molecule has 1 spiro atoms. The van der Waals surface area contributed by atoms with Crippen LogP contribution in [0, 0.1) is 17.3 Å². The van der Waals surface area contributed by atoms with Gasteiger partial charge in [-0.05, 0) is 68.5 Å². The standard InChI is InChI=1S/C16H25NS/c1-12(2)14-6-5-13(3)16(9-14)8-7-15(4,10-16)17-11-18/h9,12-13H,5-8,10H2,1-4H3/t13-,15+,16-/m1/s1. The lowest BCUT2D eigenvalue weighted by molar-refractivity contribution is 0.209. The van der Waals surface area contributed by atoms with Crippen molar-refractivity contribution in [2.24, 2.45) is 22.2 Å². The van der Waals surface area contributed by atoms with Crippen LogP contribution < -0.4 is 0 Å². The average Bonchev–Trinajstić information content (AvgIpc) is 2.62. The molecule has 0 aromatic rings. The SMILES string of the molecule is CC(C)C1=C[C@@]2(CC[C@](C)(N=C=S)C2)[C@H](C)CC1. The lowest BCUT2D eigenvalue weighted by atomic mass is 9.66. The summed E-state index contributed by atoms with van der Waals surface area (Å²) in [5, 5.41) is 2.61. The molecule has 0 amide bonds. The van der Waals surface area contributed by atoms with Gasteiger partial charge in [0.15, 0.2) is 0 Å². The fraction of sp³-hybridized carbons (Fsp3) is 0.812. The molecule has 0 bridgehead atoms. The molecular formula is C16H25NS. The molecular weight excluding hydrogens is 238 g/mol. The third-order valence-corrected chi connectivity index (χ3v) is 5.31. The molecule has 0 heterocycles. The van der Waals surface area contributed by atoms with Gasteiger partial charge in [-0.15, -0.1) is 0 Å². The molecule has 0 N–H and O–H groups in total. The molecule has 1 fully saturated rings. The third kappa shape index (κ3) is 2.46. The molecule has 0 radical (unpaired) electrons. The number of nitrogens with zero attached hydrogens (tertiary/aromatic N) is 1. The van der Waals surface area contributed by atoms with Crippen LogP contribution in [0.1, 0.15) is 59.8 Å². The number of allylic oxidation sites excluding steroid dienone is 2. The second kappa shape index (κ2) is 4.90. The normalized spacial score (nSPS) is 39.8. The highest BCUT2D eigenvalue weighted by atomic mass is 32.1.